The molecule has 9 heteroatoms. The number of aromatic nitrogens is 1. The summed E-state index contributed by atoms with van der Waals surface area (Å²) in [5, 5.41) is 9.93. The molecule has 4 rings (SSSR count). The summed E-state index contributed by atoms with van der Waals surface area (Å²) < 4.78 is 11.0. The molecule has 0 saturated heterocycles. The first-order valence-corrected chi connectivity index (χ1v) is 9.71. The quantitative estimate of drug-likeness (QED) is 0.416. The lowest BCUT2D eigenvalue weighted by molar-refractivity contribution is -0.114. The molecule has 4 aromatic rings. The van der Waals surface area contributed by atoms with Crippen molar-refractivity contribution in [1.82, 2.24) is 10.3 Å². The van der Waals surface area contributed by atoms with Gasteiger partial charge in [-0.25, -0.2) is 0 Å². The summed E-state index contributed by atoms with van der Waals surface area (Å²) in [5.41, 5.74) is 1.96. The number of methoxy groups -OCH3 is 1. The zero-order chi connectivity index (χ0) is 22.0. The van der Waals surface area contributed by atoms with Crippen molar-refractivity contribution in [2.45, 2.75) is 6.92 Å². The van der Waals surface area contributed by atoms with Crippen molar-refractivity contribution >= 4 is 62.7 Å². The predicted octanol–water partition coefficient (Wildman–Crippen LogP) is 4.07. The van der Waals surface area contributed by atoms with Crippen LogP contribution < -0.4 is 20.7 Å². The van der Waals surface area contributed by atoms with Gasteiger partial charge in [-0.15, -0.1) is 0 Å². The maximum Gasteiger partial charge on any atom is 0.302 e. The Hall–Kier alpha value is -3.98. The molecule has 1 heterocycles. The highest BCUT2D eigenvalue weighted by atomic mass is 32.1. The maximum absolute atomic E-state index is 12.8. The fourth-order valence-corrected chi connectivity index (χ4v) is 3.30. The van der Waals surface area contributed by atoms with Crippen molar-refractivity contribution in [2.24, 2.45) is 0 Å². The number of anilines is 2. The Kier molecular flexibility index (Phi) is 5.50. The van der Waals surface area contributed by atoms with Crippen molar-refractivity contribution in [1.29, 1.82) is 0 Å². The highest BCUT2D eigenvalue weighted by molar-refractivity contribution is 7.80. The van der Waals surface area contributed by atoms with Crippen LogP contribution in [0, 0.1) is 0 Å². The Morgan fingerprint density at radius 2 is 1.77 bits per heavy atom. The average molecular weight is 434 g/mol. The third-order valence-electron chi connectivity index (χ3n) is 4.47. The number of ether oxygens (including phenoxy) is 1. The number of benzene rings is 3. The molecule has 3 N–H and O–H groups in total. The van der Waals surface area contributed by atoms with Crippen LogP contribution in [-0.2, 0) is 4.79 Å². The molecule has 0 atom stereocenters. The Labute approximate surface area is 182 Å². The number of hydrogen-bond donors (Lipinski definition) is 3. The fourth-order valence-electron chi connectivity index (χ4n) is 3.12. The summed E-state index contributed by atoms with van der Waals surface area (Å²) in [7, 11) is 1.50. The van der Waals surface area contributed by atoms with Gasteiger partial charge in [0.2, 0.25) is 5.91 Å². The third kappa shape index (κ3) is 4.46. The Bertz CT molecular complexity index is 1330. The number of rotatable bonds is 4. The molecule has 3 aromatic carbocycles. The van der Waals surface area contributed by atoms with Crippen molar-refractivity contribution in [2.75, 3.05) is 17.7 Å². The van der Waals surface area contributed by atoms with Crippen molar-refractivity contribution in [3.63, 3.8) is 0 Å². The van der Waals surface area contributed by atoms with E-state index in [-0.39, 0.29) is 17.0 Å². The van der Waals surface area contributed by atoms with Gasteiger partial charge in [-0.3, -0.25) is 20.2 Å². The lowest BCUT2D eigenvalue weighted by Gasteiger charge is -2.11. The smallest absolute Gasteiger partial charge is 0.302 e. The number of thiocarbonyl (C=S) groups is 1. The van der Waals surface area contributed by atoms with Crippen LogP contribution in [-0.4, -0.2) is 29.0 Å². The molecule has 8 nitrogen and oxygen atoms in total. The molecule has 0 aliphatic carbocycles. The molecule has 1 aromatic heterocycles. The number of nitrogens with zero attached hydrogens (tertiary/aromatic N) is 1. The van der Waals surface area contributed by atoms with Gasteiger partial charge in [0.15, 0.2) is 10.7 Å². The van der Waals surface area contributed by atoms with E-state index in [0.29, 0.717) is 28.1 Å². The van der Waals surface area contributed by atoms with Gasteiger partial charge < -0.3 is 14.5 Å². The minimum absolute atomic E-state index is 0.0221. The van der Waals surface area contributed by atoms with Gasteiger partial charge in [-0.05, 0) is 47.3 Å². The number of amides is 2. The fraction of sp³-hybridized carbons (Fsp3) is 0.0909. The highest BCUT2D eigenvalue weighted by Crippen LogP contribution is 2.26. The zero-order valence-corrected chi connectivity index (χ0v) is 17.5. The van der Waals surface area contributed by atoms with E-state index in [0.717, 1.165) is 10.8 Å². The summed E-state index contributed by atoms with van der Waals surface area (Å²) in [5.74, 6) is -0.180. The first-order valence-electron chi connectivity index (χ1n) is 9.30. The van der Waals surface area contributed by atoms with Gasteiger partial charge in [0.1, 0.15) is 11.3 Å². The largest absolute Gasteiger partial charge is 0.496 e. The standard InChI is InChI=1S/C22H18N4O4S/c1-12(27)23-15-7-8-17-19(11-15)30-21(24-17)26-22(31)25-20(28)16-9-13-5-3-4-6-14(13)10-18(16)29-2/h3-11H,1-2H3,(H,23,27)(H2,24,25,26,28,31). The predicted molar refractivity (Wildman–Crippen MR) is 122 cm³/mol. The van der Waals surface area contributed by atoms with E-state index in [1.54, 1.807) is 30.3 Å². The molecule has 0 radical (unpaired) electrons. The molecule has 31 heavy (non-hydrogen) atoms. The lowest BCUT2D eigenvalue weighted by atomic mass is 10.1. The minimum Gasteiger partial charge on any atom is -0.496 e. The highest BCUT2D eigenvalue weighted by Gasteiger charge is 2.16. The second-order valence-electron chi connectivity index (χ2n) is 6.69. The molecule has 2 amide bonds. The van der Waals surface area contributed by atoms with Crippen molar-refractivity contribution in [3.8, 4) is 5.75 Å². The van der Waals surface area contributed by atoms with Crippen LogP contribution >= 0.6 is 12.2 Å². The Morgan fingerprint density at radius 1 is 1.03 bits per heavy atom. The molecule has 0 aliphatic heterocycles. The lowest BCUT2D eigenvalue weighted by Crippen LogP contribution is -2.34. The molecule has 0 aliphatic rings. The van der Waals surface area contributed by atoms with Crippen molar-refractivity contribution < 1.29 is 18.7 Å². The third-order valence-corrected chi connectivity index (χ3v) is 4.67. The van der Waals surface area contributed by atoms with Gasteiger partial charge in [0.25, 0.3) is 5.91 Å². The van der Waals surface area contributed by atoms with Crippen LogP contribution in [0.15, 0.2) is 59.0 Å². The van der Waals surface area contributed by atoms with Gasteiger partial charge >= 0.3 is 6.01 Å². The normalized spacial score (nSPS) is 10.6. The molecule has 0 saturated carbocycles. The summed E-state index contributed by atoms with van der Waals surface area (Å²) in [6.07, 6.45) is 0. The van der Waals surface area contributed by atoms with E-state index in [4.69, 9.17) is 21.4 Å². The van der Waals surface area contributed by atoms with Crippen molar-refractivity contribution in [3.05, 3.63) is 60.2 Å². The second-order valence-corrected chi connectivity index (χ2v) is 7.10. The molecule has 0 unspecified atom stereocenters. The minimum atomic E-state index is -0.427. The monoisotopic (exact) mass is 434 g/mol. The average Bonchev–Trinajstić information content (AvgIpc) is 3.13. The number of carbonyl (C=O) groups excluding carboxylic acids is 2. The maximum atomic E-state index is 12.8. The molecule has 0 bridgehead atoms. The number of oxazole rings is 1. The van der Waals surface area contributed by atoms with E-state index < -0.39 is 5.91 Å². The zero-order valence-electron chi connectivity index (χ0n) is 16.7. The summed E-state index contributed by atoms with van der Waals surface area (Å²) >= 11 is 5.23. The number of carbonyl (C=O) groups is 2. The van der Waals surface area contributed by atoms with E-state index in [9.17, 15) is 9.59 Å². The molecule has 156 valence electrons. The molecular formula is C22H18N4O4S. The van der Waals surface area contributed by atoms with Gasteiger partial charge in [0.05, 0.1) is 12.7 Å². The topological polar surface area (TPSA) is 105 Å². The first kappa shape index (κ1) is 20.3. The first-order chi connectivity index (χ1) is 14.9. The number of nitrogens with one attached hydrogen (secondary N) is 3. The van der Waals surface area contributed by atoms with Gasteiger partial charge in [0, 0.05) is 18.7 Å². The number of fused-ring (bicyclic) bond motifs is 2. The van der Waals surface area contributed by atoms with E-state index in [1.807, 2.05) is 24.3 Å². The molecular weight excluding hydrogens is 416 g/mol. The van der Waals surface area contributed by atoms with Crippen LogP contribution in [0.2, 0.25) is 0 Å². The van der Waals surface area contributed by atoms with Crippen LogP contribution in [0.3, 0.4) is 0 Å². The Balaban J connectivity index is 1.50. The van der Waals surface area contributed by atoms with Crippen LogP contribution in [0.1, 0.15) is 17.3 Å². The SMILES string of the molecule is COc1cc2ccccc2cc1C(=O)NC(=S)Nc1nc2ccc(NC(C)=O)cc2o1. The van der Waals surface area contributed by atoms with Crippen LogP contribution in [0.4, 0.5) is 11.7 Å². The Morgan fingerprint density at radius 3 is 2.48 bits per heavy atom. The summed E-state index contributed by atoms with van der Waals surface area (Å²) in [6.45, 7) is 1.42. The van der Waals surface area contributed by atoms with Crippen LogP contribution in [0.25, 0.3) is 21.9 Å². The van der Waals surface area contributed by atoms with Gasteiger partial charge in [-0.1, -0.05) is 24.3 Å². The van der Waals surface area contributed by atoms with E-state index in [2.05, 4.69) is 20.9 Å². The van der Waals surface area contributed by atoms with E-state index >= 15 is 0 Å². The van der Waals surface area contributed by atoms with Gasteiger partial charge in [-0.2, -0.15) is 4.98 Å². The van der Waals surface area contributed by atoms with E-state index in [1.165, 1.54) is 14.0 Å². The second kappa shape index (κ2) is 8.41. The summed E-state index contributed by atoms with van der Waals surface area (Å²) in [4.78, 5) is 28.3. The van der Waals surface area contributed by atoms with Crippen LogP contribution in [0.5, 0.6) is 5.75 Å². The molecule has 0 spiro atoms. The molecule has 0 fully saturated rings. The number of hydrogen-bond acceptors (Lipinski definition) is 6. The summed E-state index contributed by atoms with van der Waals surface area (Å²) in [6, 6.07) is 16.4.